The van der Waals surface area contributed by atoms with Gasteiger partial charge in [0, 0.05) is 12.6 Å². The Bertz CT molecular complexity index is 871. The lowest BCUT2D eigenvalue weighted by molar-refractivity contribution is 0.206. The van der Waals surface area contributed by atoms with Gasteiger partial charge >= 0.3 is 0 Å². The van der Waals surface area contributed by atoms with Crippen molar-refractivity contribution in [3.05, 3.63) is 50.7 Å². The van der Waals surface area contributed by atoms with Crippen LogP contribution in [0.2, 0.25) is 0 Å². The first-order valence-corrected chi connectivity index (χ1v) is 12.6. The molecule has 0 aliphatic carbocycles. The number of nitrogens with zero attached hydrogens (tertiary/aromatic N) is 1. The maximum atomic E-state index is 13.3. The quantitative estimate of drug-likeness (QED) is 0.725. The number of sulfonamides is 1. The summed E-state index contributed by atoms with van der Waals surface area (Å²) in [5, 5.41) is 4.23. The zero-order chi connectivity index (χ0) is 20.3. The van der Waals surface area contributed by atoms with Crippen molar-refractivity contribution >= 4 is 21.4 Å². The van der Waals surface area contributed by atoms with Gasteiger partial charge in [0.15, 0.2) is 0 Å². The normalized spacial score (nSPS) is 17.4. The minimum Gasteiger partial charge on any atom is -0.295 e. The molecule has 1 saturated heterocycles. The molecule has 0 saturated carbocycles. The molecule has 1 aromatic carbocycles. The second-order valence-electron chi connectivity index (χ2n) is 7.96. The average molecular weight is 421 g/mol. The summed E-state index contributed by atoms with van der Waals surface area (Å²) in [7, 11) is -3.57. The molecule has 6 heteroatoms. The van der Waals surface area contributed by atoms with E-state index in [1.54, 1.807) is 11.3 Å². The van der Waals surface area contributed by atoms with Crippen molar-refractivity contribution in [3.8, 4) is 0 Å². The summed E-state index contributed by atoms with van der Waals surface area (Å²) in [6.07, 6.45) is 4.89. The van der Waals surface area contributed by atoms with Gasteiger partial charge in [-0.25, -0.2) is 13.1 Å². The van der Waals surface area contributed by atoms with E-state index in [0.717, 1.165) is 35.3 Å². The molecule has 3 rings (SSSR count). The average Bonchev–Trinajstić information content (AvgIpc) is 3.03. The number of benzene rings is 1. The summed E-state index contributed by atoms with van der Waals surface area (Å²) < 4.78 is 29.5. The van der Waals surface area contributed by atoms with Crippen molar-refractivity contribution in [3.63, 3.8) is 0 Å². The van der Waals surface area contributed by atoms with E-state index < -0.39 is 10.0 Å². The number of nitrogens with one attached hydrogen (secondary N) is 1. The van der Waals surface area contributed by atoms with Gasteiger partial charge < -0.3 is 0 Å². The molecule has 1 aromatic heterocycles. The third-order valence-electron chi connectivity index (χ3n) is 6.04. The molecule has 154 valence electrons. The molecule has 1 unspecified atom stereocenters. The number of aryl methyl sites for hydroxylation is 2. The molecule has 1 atom stereocenters. The van der Waals surface area contributed by atoms with E-state index in [1.807, 2.05) is 27.7 Å². The molecule has 0 bridgehead atoms. The monoisotopic (exact) mass is 420 g/mol. The molecule has 0 spiro atoms. The topological polar surface area (TPSA) is 49.4 Å². The highest BCUT2D eigenvalue weighted by molar-refractivity contribution is 7.89. The Morgan fingerprint density at radius 1 is 1.04 bits per heavy atom. The van der Waals surface area contributed by atoms with Crippen LogP contribution in [-0.2, 0) is 10.0 Å². The fraction of sp³-hybridized carbons (Fsp3) is 0.545. The van der Waals surface area contributed by atoms with E-state index in [0.29, 0.717) is 11.4 Å². The molecule has 1 fully saturated rings. The zero-order valence-electron chi connectivity index (χ0n) is 17.4. The van der Waals surface area contributed by atoms with Crippen LogP contribution in [0.3, 0.4) is 0 Å². The van der Waals surface area contributed by atoms with Gasteiger partial charge in [0.25, 0.3) is 0 Å². The molecule has 4 nitrogen and oxygen atoms in total. The van der Waals surface area contributed by atoms with Gasteiger partial charge in [0.05, 0.1) is 4.90 Å². The van der Waals surface area contributed by atoms with Gasteiger partial charge in [-0.1, -0.05) is 18.9 Å². The summed E-state index contributed by atoms with van der Waals surface area (Å²) in [5.41, 5.74) is 4.94. The minimum atomic E-state index is -3.57. The smallest absolute Gasteiger partial charge is 0.241 e. The number of hydrogen-bond acceptors (Lipinski definition) is 4. The van der Waals surface area contributed by atoms with Crippen LogP contribution in [0, 0.1) is 27.7 Å². The van der Waals surface area contributed by atoms with Gasteiger partial charge in [-0.05, 0) is 98.3 Å². The number of likely N-dealkylation sites (tertiary alicyclic amines) is 1. The summed E-state index contributed by atoms with van der Waals surface area (Å²) >= 11 is 1.67. The highest BCUT2D eigenvalue weighted by Gasteiger charge is 2.27. The number of hydrogen-bond donors (Lipinski definition) is 1. The predicted molar refractivity (Wildman–Crippen MR) is 118 cm³/mol. The fourth-order valence-corrected chi connectivity index (χ4v) is 6.53. The van der Waals surface area contributed by atoms with E-state index in [1.165, 1.54) is 31.2 Å². The van der Waals surface area contributed by atoms with Crippen molar-refractivity contribution < 1.29 is 8.42 Å². The standard InChI is InChI=1S/C22H32N2O2S2/c1-16-13-17(2)19(4)22(18(16)3)28(25,26)23-14-21(20-9-12-27-15-20)24-10-7-5-6-8-11-24/h9,12-13,15,21,23H,5-8,10-11,14H2,1-4H3. The van der Waals surface area contributed by atoms with E-state index in [-0.39, 0.29) is 6.04 Å². The first-order chi connectivity index (χ1) is 13.3. The van der Waals surface area contributed by atoms with E-state index in [9.17, 15) is 8.42 Å². The molecule has 1 aliphatic rings. The van der Waals surface area contributed by atoms with Crippen LogP contribution < -0.4 is 4.72 Å². The molecule has 0 radical (unpaired) electrons. The van der Waals surface area contributed by atoms with Crippen molar-refractivity contribution in [2.45, 2.75) is 64.3 Å². The third kappa shape index (κ3) is 4.67. The van der Waals surface area contributed by atoms with Gasteiger partial charge in [0.2, 0.25) is 10.0 Å². The van der Waals surface area contributed by atoms with Gasteiger partial charge in [-0.2, -0.15) is 11.3 Å². The fourth-order valence-electron chi connectivity index (χ4n) is 4.17. The van der Waals surface area contributed by atoms with Crippen molar-refractivity contribution in [2.24, 2.45) is 0 Å². The molecule has 2 heterocycles. The van der Waals surface area contributed by atoms with E-state index >= 15 is 0 Å². The van der Waals surface area contributed by atoms with E-state index in [2.05, 4.69) is 32.5 Å². The van der Waals surface area contributed by atoms with Crippen LogP contribution in [0.25, 0.3) is 0 Å². The largest absolute Gasteiger partial charge is 0.295 e. The summed E-state index contributed by atoms with van der Waals surface area (Å²) in [6.45, 7) is 10.2. The van der Waals surface area contributed by atoms with Gasteiger partial charge in [0.1, 0.15) is 0 Å². The van der Waals surface area contributed by atoms with Crippen molar-refractivity contribution in [2.75, 3.05) is 19.6 Å². The highest BCUT2D eigenvalue weighted by atomic mass is 32.2. The third-order valence-corrected chi connectivity index (χ3v) is 8.44. The van der Waals surface area contributed by atoms with Gasteiger partial charge in [-0.15, -0.1) is 0 Å². The Morgan fingerprint density at radius 2 is 1.64 bits per heavy atom. The van der Waals surface area contributed by atoms with Crippen LogP contribution in [0.4, 0.5) is 0 Å². The molecule has 0 amide bonds. The first kappa shape index (κ1) is 21.5. The Hall–Kier alpha value is -1.21. The maximum Gasteiger partial charge on any atom is 0.241 e. The summed E-state index contributed by atoms with van der Waals surface area (Å²) in [6, 6.07) is 4.28. The number of rotatable bonds is 6. The SMILES string of the molecule is Cc1cc(C)c(C)c(S(=O)(=O)NCC(c2ccsc2)N2CCCCCC2)c1C. The van der Waals surface area contributed by atoms with Crippen LogP contribution in [-0.4, -0.2) is 33.0 Å². The Balaban J connectivity index is 1.87. The lowest BCUT2D eigenvalue weighted by Gasteiger charge is -2.30. The second-order valence-corrected chi connectivity index (χ2v) is 10.4. The molecule has 1 aliphatic heterocycles. The summed E-state index contributed by atoms with van der Waals surface area (Å²) in [5.74, 6) is 0. The Kier molecular flexibility index (Phi) is 6.97. The van der Waals surface area contributed by atoms with Crippen LogP contribution in [0.1, 0.15) is 59.5 Å². The van der Waals surface area contributed by atoms with Crippen LogP contribution >= 0.6 is 11.3 Å². The zero-order valence-corrected chi connectivity index (χ0v) is 19.0. The van der Waals surface area contributed by atoms with Gasteiger partial charge in [-0.3, -0.25) is 4.90 Å². The van der Waals surface area contributed by atoms with Crippen molar-refractivity contribution in [1.29, 1.82) is 0 Å². The molecule has 28 heavy (non-hydrogen) atoms. The van der Waals surface area contributed by atoms with E-state index in [4.69, 9.17) is 0 Å². The maximum absolute atomic E-state index is 13.3. The first-order valence-electron chi connectivity index (χ1n) is 10.1. The lowest BCUT2D eigenvalue weighted by atomic mass is 10.0. The van der Waals surface area contributed by atoms with Crippen LogP contribution in [0.5, 0.6) is 0 Å². The Labute approximate surface area is 174 Å². The highest BCUT2D eigenvalue weighted by Crippen LogP contribution is 2.28. The second kappa shape index (κ2) is 9.08. The molecule has 1 N–H and O–H groups in total. The molecule has 2 aromatic rings. The lowest BCUT2D eigenvalue weighted by Crippen LogP contribution is -2.38. The molecular formula is C22H32N2O2S2. The van der Waals surface area contributed by atoms with Crippen LogP contribution in [0.15, 0.2) is 27.8 Å². The number of thiophene rings is 1. The minimum absolute atomic E-state index is 0.0886. The summed E-state index contributed by atoms with van der Waals surface area (Å²) in [4.78, 5) is 2.91. The predicted octanol–water partition coefficient (Wildman–Crippen LogP) is 4.88. The Morgan fingerprint density at radius 3 is 2.18 bits per heavy atom. The molecular weight excluding hydrogens is 388 g/mol. The van der Waals surface area contributed by atoms with Crippen molar-refractivity contribution in [1.82, 2.24) is 9.62 Å².